The lowest BCUT2D eigenvalue weighted by molar-refractivity contribution is -0.114. The summed E-state index contributed by atoms with van der Waals surface area (Å²) in [5.74, 6) is -0.520. The number of nitrogens with zero attached hydrogens (tertiary/aromatic N) is 3. The molecule has 2 aliphatic rings. The monoisotopic (exact) mass is 910 g/mol. The van der Waals surface area contributed by atoms with E-state index in [4.69, 9.17) is 4.74 Å². The number of alkyl halides is 1. The number of fused-ring (bicyclic) bond motifs is 2. The number of rotatable bonds is 29. The van der Waals surface area contributed by atoms with Gasteiger partial charge in [0.2, 0.25) is 0 Å². The molecule has 0 atom stereocenters. The first-order valence-electron chi connectivity index (χ1n) is 23.9. The molecule has 62 heavy (non-hydrogen) atoms. The van der Waals surface area contributed by atoms with Crippen LogP contribution in [0.5, 0.6) is 0 Å². The average Bonchev–Trinajstić information content (AvgIpc) is 3.72. The van der Waals surface area contributed by atoms with Crippen molar-refractivity contribution in [2.75, 3.05) is 53.2 Å². The molecule has 3 aromatic carbocycles. The second-order valence-corrected chi connectivity index (χ2v) is 17.5. The van der Waals surface area contributed by atoms with Crippen LogP contribution >= 0.6 is 15.9 Å². The van der Waals surface area contributed by atoms with Crippen LogP contribution in [0, 0.1) is 0 Å². The smallest absolute Gasteiger partial charge is 0.340 e. The van der Waals surface area contributed by atoms with Crippen molar-refractivity contribution >= 4 is 68.0 Å². The average molecular weight is 912 g/mol. The molecule has 3 aromatic rings. The number of carbonyl (C=O) groups excluding carboxylic acids is 4. The molecule has 0 aromatic heterocycles. The van der Waals surface area contributed by atoms with E-state index in [0.29, 0.717) is 55.2 Å². The molecule has 4 amide bonds. The number of carbonyl (C=O) groups is 4. The molecule has 0 aliphatic carbocycles. The highest BCUT2D eigenvalue weighted by atomic mass is 79.9. The zero-order chi connectivity index (χ0) is 43.9. The van der Waals surface area contributed by atoms with E-state index < -0.39 is 5.97 Å². The maximum atomic E-state index is 14.2. The van der Waals surface area contributed by atoms with Gasteiger partial charge in [0.05, 0.1) is 40.4 Å². The van der Waals surface area contributed by atoms with Gasteiger partial charge in [-0.05, 0) is 63.8 Å². The van der Waals surface area contributed by atoms with Gasteiger partial charge >= 0.3 is 12.0 Å². The lowest BCUT2D eigenvalue weighted by atomic mass is 9.96. The molecule has 336 valence electrons. The molecule has 0 bridgehead atoms. The van der Waals surface area contributed by atoms with Crippen molar-refractivity contribution in [1.82, 2.24) is 4.90 Å². The quantitative estimate of drug-likeness (QED) is 0.0324. The van der Waals surface area contributed by atoms with E-state index in [9.17, 15) is 19.2 Å². The maximum absolute atomic E-state index is 14.2. The third-order valence-corrected chi connectivity index (χ3v) is 12.9. The Bertz CT molecular complexity index is 1930. The van der Waals surface area contributed by atoms with E-state index in [0.717, 1.165) is 85.6 Å². The van der Waals surface area contributed by atoms with Gasteiger partial charge in [0.25, 0.3) is 11.8 Å². The first-order chi connectivity index (χ1) is 30.4. The molecule has 2 heterocycles. The van der Waals surface area contributed by atoms with Crippen LogP contribution in [-0.2, 0) is 14.3 Å². The van der Waals surface area contributed by atoms with Crippen LogP contribution in [0.25, 0.3) is 11.1 Å². The SMILES string of the molecule is CCN(CC)C(=O)Nc1ccccc1C(=O)OCCCCCCCCCCCCN1C(=O)C(=C2C(=O)N(CCCCCCCCCCCCBr)c3ccccc32)c2ccccc21. The number of ether oxygens (including phenoxy) is 1. The Kier molecular flexibility index (Phi) is 21.1. The van der Waals surface area contributed by atoms with Crippen molar-refractivity contribution in [3.63, 3.8) is 0 Å². The molecule has 2 aliphatic heterocycles. The van der Waals surface area contributed by atoms with Crippen molar-refractivity contribution in [2.24, 2.45) is 0 Å². The molecule has 5 rings (SSSR count). The summed E-state index contributed by atoms with van der Waals surface area (Å²) in [6, 6.07) is 22.7. The van der Waals surface area contributed by atoms with E-state index >= 15 is 0 Å². The molecule has 10 heteroatoms. The molecule has 0 fully saturated rings. The summed E-state index contributed by atoms with van der Waals surface area (Å²) in [6.45, 7) is 6.70. The fraction of sp³-hybridized carbons (Fsp3) is 0.538. The number of esters is 1. The van der Waals surface area contributed by atoms with E-state index in [2.05, 4.69) is 21.2 Å². The molecule has 0 radical (unpaired) electrons. The van der Waals surface area contributed by atoms with Crippen molar-refractivity contribution in [3.05, 3.63) is 89.5 Å². The Balaban J connectivity index is 0.985. The number of anilines is 3. The number of amides is 4. The number of benzene rings is 3. The Labute approximate surface area is 380 Å². The third kappa shape index (κ3) is 13.8. The minimum absolute atomic E-state index is 0.0472. The van der Waals surface area contributed by atoms with Gasteiger partial charge in [-0.15, -0.1) is 0 Å². The fourth-order valence-corrected chi connectivity index (χ4v) is 9.17. The lowest BCUT2D eigenvalue weighted by Crippen LogP contribution is -2.34. The number of hydrogen-bond donors (Lipinski definition) is 1. The van der Waals surface area contributed by atoms with Crippen LogP contribution in [0.3, 0.4) is 0 Å². The fourth-order valence-electron chi connectivity index (χ4n) is 8.77. The number of halogens is 1. The minimum Gasteiger partial charge on any atom is -0.462 e. The second-order valence-electron chi connectivity index (χ2n) is 16.7. The van der Waals surface area contributed by atoms with E-state index in [1.54, 1.807) is 29.2 Å². The van der Waals surface area contributed by atoms with Gasteiger partial charge in [0.1, 0.15) is 0 Å². The zero-order valence-electron chi connectivity index (χ0n) is 37.6. The largest absolute Gasteiger partial charge is 0.462 e. The van der Waals surface area contributed by atoms with Crippen LogP contribution in [0.2, 0.25) is 0 Å². The molecule has 9 nitrogen and oxygen atoms in total. The van der Waals surface area contributed by atoms with Crippen molar-refractivity contribution in [2.45, 2.75) is 142 Å². The molecular formula is C52H71BrN4O5. The van der Waals surface area contributed by atoms with Crippen molar-refractivity contribution in [1.29, 1.82) is 0 Å². The predicted molar refractivity (Wildman–Crippen MR) is 259 cm³/mol. The molecule has 0 unspecified atom stereocenters. The lowest BCUT2D eigenvalue weighted by Gasteiger charge is -2.20. The zero-order valence-corrected chi connectivity index (χ0v) is 39.2. The summed E-state index contributed by atoms with van der Waals surface area (Å²) in [6.07, 6.45) is 23.1. The number of para-hydroxylation sites is 3. The molecule has 0 saturated heterocycles. The molecule has 0 spiro atoms. The van der Waals surface area contributed by atoms with Gasteiger partial charge in [-0.3, -0.25) is 9.59 Å². The Hall–Kier alpha value is -4.44. The predicted octanol–water partition coefficient (Wildman–Crippen LogP) is 13.2. The number of hydrogen-bond acceptors (Lipinski definition) is 5. The summed E-state index contributed by atoms with van der Waals surface area (Å²) >= 11 is 3.52. The van der Waals surface area contributed by atoms with Gasteiger partial charge in [-0.2, -0.15) is 0 Å². The highest BCUT2D eigenvalue weighted by Gasteiger charge is 2.41. The number of unbranched alkanes of at least 4 members (excludes halogenated alkanes) is 18. The Morgan fingerprint density at radius 2 is 0.952 bits per heavy atom. The number of urea groups is 1. The molecular weight excluding hydrogens is 840 g/mol. The first kappa shape index (κ1) is 48.6. The van der Waals surface area contributed by atoms with Gasteiger partial charge in [-0.1, -0.05) is 167 Å². The van der Waals surface area contributed by atoms with E-state index in [1.165, 1.54) is 70.6 Å². The summed E-state index contributed by atoms with van der Waals surface area (Å²) in [7, 11) is 0. The Morgan fingerprint density at radius 3 is 1.42 bits per heavy atom. The maximum Gasteiger partial charge on any atom is 0.340 e. The summed E-state index contributed by atoms with van der Waals surface area (Å²) < 4.78 is 5.55. The van der Waals surface area contributed by atoms with Gasteiger partial charge < -0.3 is 24.8 Å². The summed E-state index contributed by atoms with van der Waals surface area (Å²) in [5, 5.41) is 3.95. The standard InChI is InChI=1S/C52H71BrN4O5/c1-3-55(4-2)52(61)54-44-34-24-21-31-41(44)51(60)62-40-30-20-16-12-8-7-11-15-19-29-39-57-46-36-26-23-33-43(46)48(50(57)59)47-42-32-22-25-35-45(42)56(49(47)58)38-28-18-14-10-6-5-9-13-17-27-37-53/h21-26,31-36H,3-20,27-30,37-40H2,1-2H3,(H,54,61). The normalized spacial score (nSPS) is 14.4. The third-order valence-electron chi connectivity index (χ3n) is 12.3. The van der Waals surface area contributed by atoms with E-state index in [1.807, 2.05) is 72.2 Å². The number of nitrogens with one attached hydrogen (secondary N) is 1. The van der Waals surface area contributed by atoms with Crippen LogP contribution in [0.15, 0.2) is 72.8 Å². The van der Waals surface area contributed by atoms with Crippen molar-refractivity contribution in [3.8, 4) is 0 Å². The van der Waals surface area contributed by atoms with Crippen molar-refractivity contribution < 1.29 is 23.9 Å². The molecule has 0 saturated carbocycles. The van der Waals surface area contributed by atoms with Crippen LogP contribution in [0.1, 0.15) is 164 Å². The Morgan fingerprint density at radius 1 is 0.548 bits per heavy atom. The molecule has 1 N–H and O–H groups in total. The summed E-state index contributed by atoms with van der Waals surface area (Å²) in [4.78, 5) is 59.2. The van der Waals surface area contributed by atoms with Gasteiger partial charge in [0, 0.05) is 42.6 Å². The second kappa shape index (κ2) is 26.9. The van der Waals surface area contributed by atoms with Crippen LogP contribution in [-0.4, -0.2) is 66.8 Å². The van der Waals surface area contributed by atoms with Crippen LogP contribution in [0.4, 0.5) is 21.9 Å². The highest BCUT2D eigenvalue weighted by Crippen LogP contribution is 2.46. The highest BCUT2D eigenvalue weighted by molar-refractivity contribution is 9.09. The minimum atomic E-state index is -0.415. The first-order valence-corrected chi connectivity index (χ1v) is 25.0. The van der Waals surface area contributed by atoms with Gasteiger partial charge in [0.15, 0.2) is 0 Å². The van der Waals surface area contributed by atoms with E-state index in [-0.39, 0.29) is 17.8 Å². The summed E-state index contributed by atoms with van der Waals surface area (Å²) in [5.41, 5.74) is 5.51. The van der Waals surface area contributed by atoms with Gasteiger partial charge in [-0.25, -0.2) is 9.59 Å². The van der Waals surface area contributed by atoms with Crippen LogP contribution < -0.4 is 15.1 Å². The topological polar surface area (TPSA) is 99.3 Å².